The fourth-order valence-electron chi connectivity index (χ4n) is 1.68. The average Bonchev–Trinajstić information content (AvgIpc) is 2.45. The first kappa shape index (κ1) is 16.6. The van der Waals surface area contributed by atoms with E-state index in [9.17, 15) is 14.7 Å². The Morgan fingerprint density at radius 1 is 1.05 bits per heavy atom. The first-order chi connectivity index (χ1) is 9.60. The molecule has 0 aliphatic rings. The normalized spacial score (nSPS) is 10.1. The van der Waals surface area contributed by atoms with Gasteiger partial charge in [0.15, 0.2) is 0 Å². The standard InChI is InChI=1S/C13H16Cl2N2O3/c14-6-8-16(9-7-15)12(18)10-17(13(19)20)11-4-2-1-3-5-11/h1-5H,6-10H2,(H,19,20). The van der Waals surface area contributed by atoms with E-state index in [4.69, 9.17) is 23.2 Å². The number of carboxylic acid groups (broad SMARTS) is 1. The van der Waals surface area contributed by atoms with Crippen molar-refractivity contribution in [3.8, 4) is 0 Å². The average molecular weight is 319 g/mol. The molecular weight excluding hydrogens is 303 g/mol. The lowest BCUT2D eigenvalue weighted by molar-refractivity contribution is -0.129. The smallest absolute Gasteiger partial charge is 0.412 e. The molecule has 0 aromatic heterocycles. The molecule has 7 heteroatoms. The minimum Gasteiger partial charge on any atom is -0.465 e. The van der Waals surface area contributed by atoms with Crippen LogP contribution >= 0.6 is 23.2 Å². The van der Waals surface area contributed by atoms with Crippen LogP contribution in [0.2, 0.25) is 0 Å². The van der Waals surface area contributed by atoms with Crippen molar-refractivity contribution in [3.63, 3.8) is 0 Å². The second-order valence-corrected chi connectivity index (χ2v) is 4.72. The minimum atomic E-state index is -1.18. The van der Waals surface area contributed by atoms with E-state index in [0.29, 0.717) is 18.8 Å². The number of amides is 2. The van der Waals surface area contributed by atoms with Crippen LogP contribution in [0.4, 0.5) is 10.5 Å². The molecule has 2 amide bonds. The number of rotatable bonds is 7. The van der Waals surface area contributed by atoms with Crippen molar-refractivity contribution in [1.29, 1.82) is 0 Å². The van der Waals surface area contributed by atoms with Crippen molar-refractivity contribution in [2.24, 2.45) is 0 Å². The maximum Gasteiger partial charge on any atom is 0.412 e. The lowest BCUT2D eigenvalue weighted by atomic mass is 10.3. The molecule has 5 nitrogen and oxygen atoms in total. The van der Waals surface area contributed by atoms with E-state index in [0.717, 1.165) is 4.90 Å². The second-order valence-electron chi connectivity index (χ2n) is 3.96. The molecule has 0 saturated carbocycles. The summed E-state index contributed by atoms with van der Waals surface area (Å²) in [6.45, 7) is 0.428. The van der Waals surface area contributed by atoms with Gasteiger partial charge < -0.3 is 10.0 Å². The van der Waals surface area contributed by atoms with Crippen LogP contribution < -0.4 is 4.90 Å². The van der Waals surface area contributed by atoms with Crippen molar-refractivity contribution in [2.75, 3.05) is 36.3 Å². The minimum absolute atomic E-state index is 0.257. The van der Waals surface area contributed by atoms with E-state index in [1.54, 1.807) is 30.3 Å². The van der Waals surface area contributed by atoms with Gasteiger partial charge in [-0.1, -0.05) is 18.2 Å². The van der Waals surface area contributed by atoms with Crippen molar-refractivity contribution in [1.82, 2.24) is 4.90 Å². The van der Waals surface area contributed by atoms with Crippen LogP contribution in [0, 0.1) is 0 Å². The molecule has 1 N–H and O–H groups in total. The van der Waals surface area contributed by atoms with Crippen LogP contribution in [0.5, 0.6) is 0 Å². The quantitative estimate of drug-likeness (QED) is 0.786. The molecule has 0 radical (unpaired) electrons. The number of anilines is 1. The number of benzene rings is 1. The molecule has 0 fully saturated rings. The zero-order valence-corrected chi connectivity index (χ0v) is 12.3. The number of para-hydroxylation sites is 1. The molecule has 0 heterocycles. The number of carbonyl (C=O) groups excluding carboxylic acids is 1. The third kappa shape index (κ3) is 4.90. The van der Waals surface area contributed by atoms with Gasteiger partial charge in [-0.05, 0) is 12.1 Å². The molecule has 0 unspecified atom stereocenters. The van der Waals surface area contributed by atoms with Gasteiger partial charge in [0.25, 0.3) is 0 Å². The first-order valence-corrected chi connectivity index (χ1v) is 7.12. The van der Waals surface area contributed by atoms with Gasteiger partial charge in [-0.3, -0.25) is 9.69 Å². The molecule has 1 aromatic rings. The monoisotopic (exact) mass is 318 g/mol. The van der Waals surface area contributed by atoms with Crippen molar-refractivity contribution in [3.05, 3.63) is 30.3 Å². The maximum atomic E-state index is 12.1. The number of carbonyl (C=O) groups is 2. The summed E-state index contributed by atoms with van der Waals surface area (Å²) in [5.41, 5.74) is 0.449. The van der Waals surface area contributed by atoms with E-state index in [1.807, 2.05) is 0 Å². The number of hydrogen-bond donors (Lipinski definition) is 1. The SMILES string of the molecule is O=C(CN(C(=O)O)c1ccccc1)N(CCCl)CCCl. The highest BCUT2D eigenvalue weighted by atomic mass is 35.5. The summed E-state index contributed by atoms with van der Waals surface area (Å²) in [4.78, 5) is 25.8. The lowest BCUT2D eigenvalue weighted by Gasteiger charge is -2.25. The number of alkyl halides is 2. The summed E-state index contributed by atoms with van der Waals surface area (Å²) < 4.78 is 0. The third-order valence-corrected chi connectivity index (χ3v) is 2.99. The van der Waals surface area contributed by atoms with Gasteiger partial charge in [0, 0.05) is 30.5 Å². The number of hydrogen-bond acceptors (Lipinski definition) is 2. The topological polar surface area (TPSA) is 60.9 Å². The van der Waals surface area contributed by atoms with Gasteiger partial charge in [0.2, 0.25) is 5.91 Å². The molecule has 1 rings (SSSR count). The molecule has 0 aliphatic heterocycles. The molecular formula is C13H16Cl2N2O3. The number of halogens is 2. The molecule has 1 aromatic carbocycles. The van der Waals surface area contributed by atoms with Gasteiger partial charge >= 0.3 is 6.09 Å². The van der Waals surface area contributed by atoms with Crippen molar-refractivity contribution in [2.45, 2.75) is 0 Å². The van der Waals surface area contributed by atoms with Crippen molar-refractivity contribution >= 4 is 40.9 Å². The van der Waals surface area contributed by atoms with E-state index in [1.165, 1.54) is 4.90 Å². The van der Waals surface area contributed by atoms with E-state index in [2.05, 4.69) is 0 Å². The summed E-state index contributed by atoms with van der Waals surface area (Å²) >= 11 is 11.3. The Hall–Kier alpha value is -1.46. The fraction of sp³-hybridized carbons (Fsp3) is 0.385. The van der Waals surface area contributed by atoms with E-state index >= 15 is 0 Å². The molecule has 0 saturated heterocycles. The third-order valence-electron chi connectivity index (χ3n) is 2.65. The van der Waals surface area contributed by atoms with Gasteiger partial charge in [-0.25, -0.2) is 4.79 Å². The van der Waals surface area contributed by atoms with Gasteiger partial charge in [-0.15, -0.1) is 23.2 Å². The summed E-state index contributed by atoms with van der Waals surface area (Å²) in [5.74, 6) is 0.236. The highest BCUT2D eigenvalue weighted by Crippen LogP contribution is 2.13. The zero-order chi connectivity index (χ0) is 15.0. The Kier molecular flexibility index (Phi) is 7.18. The van der Waals surface area contributed by atoms with Crippen LogP contribution in [-0.4, -0.2) is 53.4 Å². The van der Waals surface area contributed by atoms with Crippen LogP contribution in [0.25, 0.3) is 0 Å². The molecule has 20 heavy (non-hydrogen) atoms. The Bertz CT molecular complexity index is 437. The van der Waals surface area contributed by atoms with E-state index < -0.39 is 6.09 Å². The van der Waals surface area contributed by atoms with Crippen LogP contribution in [0.1, 0.15) is 0 Å². The lowest BCUT2D eigenvalue weighted by Crippen LogP contribution is -2.44. The Balaban J connectivity index is 2.80. The van der Waals surface area contributed by atoms with E-state index in [-0.39, 0.29) is 24.2 Å². The fourth-order valence-corrected chi connectivity index (χ4v) is 2.09. The zero-order valence-electron chi connectivity index (χ0n) is 10.8. The van der Waals surface area contributed by atoms with Gasteiger partial charge in [0.05, 0.1) is 0 Å². The predicted octanol–water partition coefficient (Wildman–Crippen LogP) is 2.48. The Morgan fingerprint density at radius 3 is 2.05 bits per heavy atom. The largest absolute Gasteiger partial charge is 0.465 e. The summed E-state index contributed by atoms with van der Waals surface area (Å²) in [6, 6.07) is 8.47. The molecule has 110 valence electrons. The second kappa shape index (κ2) is 8.66. The highest BCUT2D eigenvalue weighted by Gasteiger charge is 2.21. The number of nitrogens with zero attached hydrogens (tertiary/aromatic N) is 2. The Labute approximate surface area is 127 Å². The summed E-state index contributed by atoms with van der Waals surface area (Å²) in [7, 11) is 0. The highest BCUT2D eigenvalue weighted by molar-refractivity contribution is 6.18. The molecule has 0 spiro atoms. The molecule has 0 atom stereocenters. The first-order valence-electron chi connectivity index (χ1n) is 6.05. The summed E-state index contributed by atoms with van der Waals surface area (Å²) in [6.07, 6.45) is -1.18. The van der Waals surface area contributed by atoms with Crippen LogP contribution in [0.15, 0.2) is 30.3 Å². The predicted molar refractivity (Wildman–Crippen MR) is 79.8 cm³/mol. The van der Waals surface area contributed by atoms with Gasteiger partial charge in [0.1, 0.15) is 6.54 Å². The van der Waals surface area contributed by atoms with Gasteiger partial charge in [-0.2, -0.15) is 0 Å². The summed E-state index contributed by atoms with van der Waals surface area (Å²) in [5, 5.41) is 9.22. The van der Waals surface area contributed by atoms with Crippen LogP contribution in [-0.2, 0) is 4.79 Å². The maximum absolute atomic E-state index is 12.1. The molecule has 0 bridgehead atoms. The Morgan fingerprint density at radius 2 is 1.60 bits per heavy atom. The molecule has 0 aliphatic carbocycles. The van der Waals surface area contributed by atoms with Crippen molar-refractivity contribution < 1.29 is 14.7 Å². The van der Waals surface area contributed by atoms with Crippen LogP contribution in [0.3, 0.4) is 0 Å².